The third-order valence-electron chi connectivity index (χ3n) is 11.9. The predicted octanol–water partition coefficient (Wildman–Crippen LogP) is 7.22. The monoisotopic (exact) mass is 772 g/mol. The molecule has 1 saturated heterocycles. The van der Waals surface area contributed by atoms with Gasteiger partial charge in [0, 0.05) is 23.3 Å². The number of rotatable bonds is 15. The Morgan fingerprint density at radius 3 is 2.52 bits per heavy atom. The van der Waals surface area contributed by atoms with E-state index in [2.05, 4.69) is 23.8 Å². The smallest absolute Gasteiger partial charge is 0.408 e. The Morgan fingerprint density at radius 2 is 1.88 bits per heavy atom. The normalized spacial score (nSPS) is 24.8. The Morgan fingerprint density at radius 1 is 1.11 bits per heavy atom. The number of alkyl carbamates (subject to hydrolysis) is 1. The molecule has 304 valence electrons. The average molecular weight is 773 g/mol. The van der Waals surface area contributed by atoms with Gasteiger partial charge in [-0.15, -0.1) is 13.2 Å². The zero-order chi connectivity index (χ0) is 40.3. The molecule has 0 radical (unpaired) electrons. The Hall–Kier alpha value is -4.61. The highest BCUT2D eigenvalue weighted by Gasteiger charge is 2.57. The molecule has 3 atom stereocenters. The minimum Gasteiger partial charge on any atom is -0.497 e. The van der Waals surface area contributed by atoms with Gasteiger partial charge in [0.05, 0.1) is 31.5 Å². The third kappa shape index (κ3) is 8.69. The molecule has 56 heavy (non-hydrogen) atoms. The van der Waals surface area contributed by atoms with E-state index in [1.165, 1.54) is 0 Å². The number of pyridine rings is 1. The highest BCUT2D eigenvalue weighted by atomic mass is 16.6. The summed E-state index contributed by atoms with van der Waals surface area (Å²) >= 11 is 0. The Balaban J connectivity index is 1.36. The van der Waals surface area contributed by atoms with Crippen molar-refractivity contribution in [3.05, 3.63) is 54.8 Å². The number of aryl methyl sites for hydroxylation is 1. The lowest BCUT2D eigenvalue weighted by Crippen LogP contribution is -2.65. The van der Waals surface area contributed by atoms with Crippen LogP contribution in [0.1, 0.15) is 122 Å². The summed E-state index contributed by atoms with van der Waals surface area (Å²) in [5.41, 5.74) is -0.0591. The van der Waals surface area contributed by atoms with Gasteiger partial charge < -0.3 is 34.5 Å². The topological polar surface area (TPSA) is 145 Å². The van der Waals surface area contributed by atoms with Gasteiger partial charge in [0.2, 0.25) is 11.8 Å². The number of likely N-dealkylation sites (tertiary alicyclic amines) is 1. The maximum Gasteiger partial charge on any atom is 0.408 e. The first-order valence-corrected chi connectivity index (χ1v) is 20.5. The Labute approximate surface area is 331 Å². The molecule has 12 nitrogen and oxygen atoms in total. The van der Waals surface area contributed by atoms with E-state index in [-0.39, 0.29) is 31.4 Å². The van der Waals surface area contributed by atoms with Crippen LogP contribution in [0.2, 0.25) is 0 Å². The Kier molecular flexibility index (Phi) is 12.4. The highest BCUT2D eigenvalue weighted by molar-refractivity contribution is 5.95. The van der Waals surface area contributed by atoms with E-state index < -0.39 is 52.7 Å². The summed E-state index contributed by atoms with van der Waals surface area (Å²) in [4.78, 5) is 62.8. The number of carbonyl (C=O) groups excluding carboxylic acids is 4. The molecule has 6 rings (SSSR count). The van der Waals surface area contributed by atoms with Crippen LogP contribution in [-0.4, -0.2) is 82.8 Å². The molecule has 2 saturated carbocycles. The first-order valence-electron chi connectivity index (χ1n) is 20.5. The van der Waals surface area contributed by atoms with E-state index in [1.807, 2.05) is 24.3 Å². The molecule has 2 aromatic rings. The number of unbranched alkanes of at least 4 members (excludes halogenated alkanes) is 3. The minimum absolute atomic E-state index is 0.0416. The van der Waals surface area contributed by atoms with Crippen molar-refractivity contribution in [3.8, 4) is 11.5 Å². The van der Waals surface area contributed by atoms with Crippen LogP contribution in [0.3, 0.4) is 0 Å². The van der Waals surface area contributed by atoms with Crippen molar-refractivity contribution in [1.82, 2.24) is 20.5 Å². The van der Waals surface area contributed by atoms with Gasteiger partial charge in [0.25, 0.3) is 0 Å². The van der Waals surface area contributed by atoms with Crippen molar-refractivity contribution >= 4 is 34.8 Å². The van der Waals surface area contributed by atoms with E-state index in [9.17, 15) is 19.2 Å². The van der Waals surface area contributed by atoms with Crippen molar-refractivity contribution in [3.63, 3.8) is 0 Å². The lowest BCUT2D eigenvalue weighted by atomic mass is 9.68. The molecule has 2 aliphatic heterocycles. The van der Waals surface area contributed by atoms with Gasteiger partial charge >= 0.3 is 12.1 Å². The van der Waals surface area contributed by atoms with Gasteiger partial charge in [0.15, 0.2) is 0 Å². The summed E-state index contributed by atoms with van der Waals surface area (Å²) in [7, 11) is 1.64. The molecule has 0 bridgehead atoms. The van der Waals surface area contributed by atoms with Crippen molar-refractivity contribution < 1.29 is 38.1 Å². The molecular formula is C44H60N4O8. The molecule has 2 N–H and O–H groups in total. The second-order valence-electron chi connectivity index (χ2n) is 17.1. The van der Waals surface area contributed by atoms with Gasteiger partial charge in [-0.2, -0.15) is 0 Å². The molecule has 3 fully saturated rings. The van der Waals surface area contributed by atoms with Crippen molar-refractivity contribution in [2.45, 2.75) is 146 Å². The largest absolute Gasteiger partial charge is 0.497 e. The number of fused-ring (bicyclic) bond motifs is 3. The summed E-state index contributed by atoms with van der Waals surface area (Å²) in [6.07, 6.45) is 11.8. The minimum atomic E-state index is -1.23. The van der Waals surface area contributed by atoms with E-state index in [0.29, 0.717) is 38.5 Å². The summed E-state index contributed by atoms with van der Waals surface area (Å²) < 4.78 is 23.8. The van der Waals surface area contributed by atoms with Crippen LogP contribution in [0.5, 0.6) is 11.5 Å². The van der Waals surface area contributed by atoms with Crippen LogP contribution in [-0.2, 0) is 30.3 Å². The van der Waals surface area contributed by atoms with Crippen LogP contribution in [0.25, 0.3) is 10.9 Å². The lowest BCUT2D eigenvalue weighted by Gasteiger charge is -2.45. The molecule has 4 aliphatic rings. The fourth-order valence-corrected chi connectivity index (χ4v) is 8.68. The van der Waals surface area contributed by atoms with Crippen LogP contribution in [0, 0.1) is 5.92 Å². The van der Waals surface area contributed by atoms with Crippen LogP contribution in [0.4, 0.5) is 4.79 Å². The Bertz CT molecular complexity index is 1830. The number of nitrogens with zero attached hydrogens (tertiary/aromatic N) is 2. The highest BCUT2D eigenvalue weighted by Crippen LogP contribution is 2.50. The number of benzene rings is 1. The molecule has 12 heteroatoms. The van der Waals surface area contributed by atoms with Crippen molar-refractivity contribution in [2.75, 3.05) is 20.3 Å². The zero-order valence-electron chi connectivity index (χ0n) is 33.9. The molecular weight excluding hydrogens is 713 g/mol. The number of hydrogen-bond donors (Lipinski definition) is 2. The maximum atomic E-state index is 14.9. The fraction of sp³-hybridized carbons (Fsp3) is 0.614. The van der Waals surface area contributed by atoms with E-state index in [0.717, 1.165) is 72.2 Å². The fourth-order valence-electron chi connectivity index (χ4n) is 8.68. The number of hydrogen-bond acceptors (Lipinski definition) is 9. The first-order chi connectivity index (χ1) is 26.7. The van der Waals surface area contributed by atoms with Crippen molar-refractivity contribution in [2.24, 2.45) is 5.92 Å². The second-order valence-corrected chi connectivity index (χ2v) is 17.1. The molecule has 3 amide bonds. The van der Waals surface area contributed by atoms with Crippen molar-refractivity contribution in [1.29, 1.82) is 0 Å². The number of nitrogens with one attached hydrogen (secondary N) is 2. The lowest BCUT2D eigenvalue weighted by molar-refractivity contribution is -0.160. The van der Waals surface area contributed by atoms with Gasteiger partial charge in [-0.1, -0.05) is 31.4 Å². The summed E-state index contributed by atoms with van der Waals surface area (Å²) in [6.45, 7) is 15.0. The van der Waals surface area contributed by atoms with Gasteiger partial charge in [0.1, 0.15) is 40.3 Å². The van der Waals surface area contributed by atoms with E-state index >= 15 is 0 Å². The predicted molar refractivity (Wildman–Crippen MR) is 214 cm³/mol. The molecule has 3 unspecified atom stereocenters. The third-order valence-corrected chi connectivity index (χ3v) is 11.9. The number of aromatic nitrogens is 1. The van der Waals surface area contributed by atoms with Gasteiger partial charge in [-0.25, -0.2) is 14.6 Å². The number of methoxy groups -OCH3 is 1. The van der Waals surface area contributed by atoms with Crippen LogP contribution < -0.4 is 20.1 Å². The summed E-state index contributed by atoms with van der Waals surface area (Å²) in [6, 6.07) is 3.97. The number of allylic oxidation sites excluding steroid dienone is 2. The SMILES string of the molecule is C=CCCCCCC(NC(=O)OC(C)(C)C)C(=O)N1CC2(CCc3c(c(C4CCC4)nc4ccc(OC)cc34)O2)CC1C(=O)NC1(C(=O)OCC)CC(C=C)C1. The average Bonchev–Trinajstić information content (AvgIpc) is 3.49. The summed E-state index contributed by atoms with van der Waals surface area (Å²) in [5, 5.41) is 6.86. The number of amides is 3. The van der Waals surface area contributed by atoms with Crippen LogP contribution >= 0.6 is 0 Å². The number of ether oxygens (including phenoxy) is 4. The quantitative estimate of drug-likeness (QED) is 0.109. The number of esters is 1. The standard InChI is InChI=1S/C44H60N4O8/c1-8-11-12-13-14-18-34(46-41(52)56-42(4,5)6)39(50)48-27-43(26-35(48)38(49)47-44(40(51)54-10-3)24-28(9-2)25-44)22-21-31-32-23-30(53-7)19-20-33(32)45-36(37(31)55-43)29-16-15-17-29/h8-9,19-20,23,28-29,34-35H,1-2,10-18,21-22,24-27H2,3-7H3,(H,46,52)(H,47,49). The second kappa shape index (κ2) is 16.9. The summed E-state index contributed by atoms with van der Waals surface area (Å²) in [5.74, 6) is 0.412. The molecule has 2 aliphatic carbocycles. The maximum absolute atomic E-state index is 14.9. The van der Waals surface area contributed by atoms with E-state index in [1.54, 1.807) is 45.8 Å². The van der Waals surface area contributed by atoms with Gasteiger partial charge in [-0.05, 0) is 110 Å². The van der Waals surface area contributed by atoms with Crippen LogP contribution in [0.15, 0.2) is 43.5 Å². The molecule has 1 aromatic heterocycles. The van der Waals surface area contributed by atoms with E-state index in [4.69, 9.17) is 23.9 Å². The number of carbonyl (C=O) groups is 4. The molecule has 1 aromatic carbocycles. The zero-order valence-corrected chi connectivity index (χ0v) is 33.9. The molecule has 3 heterocycles. The van der Waals surface area contributed by atoms with Gasteiger partial charge in [-0.3, -0.25) is 9.59 Å². The first kappa shape index (κ1) is 41.0. The molecule has 1 spiro atoms.